The van der Waals surface area contributed by atoms with E-state index in [0.29, 0.717) is 10.8 Å². The van der Waals surface area contributed by atoms with E-state index in [1.807, 2.05) is 60.7 Å². The summed E-state index contributed by atoms with van der Waals surface area (Å²) in [6.07, 6.45) is 0. The molecule has 7 nitrogen and oxygen atoms in total. The molecule has 0 aliphatic heterocycles. The van der Waals surface area contributed by atoms with Crippen molar-refractivity contribution in [1.29, 1.82) is 0 Å². The van der Waals surface area contributed by atoms with Gasteiger partial charge in [0.1, 0.15) is 5.25 Å². The fraction of sp³-hybridized carbons (Fsp3) is 0.0345. The van der Waals surface area contributed by atoms with Crippen LogP contribution in [0.1, 0.15) is 31.5 Å². The summed E-state index contributed by atoms with van der Waals surface area (Å²) in [5.41, 5.74) is 2.12. The van der Waals surface area contributed by atoms with Gasteiger partial charge < -0.3 is 15.7 Å². The third-order valence-corrected chi connectivity index (χ3v) is 7.81. The lowest BCUT2D eigenvalue weighted by atomic mass is 10.1. The molecule has 0 aliphatic rings. The van der Waals surface area contributed by atoms with Crippen LogP contribution >= 0.6 is 23.1 Å². The van der Waals surface area contributed by atoms with Crippen LogP contribution in [0.2, 0.25) is 0 Å². The van der Waals surface area contributed by atoms with Crippen LogP contribution in [0.3, 0.4) is 0 Å². The van der Waals surface area contributed by atoms with E-state index in [1.54, 1.807) is 30.3 Å². The van der Waals surface area contributed by atoms with E-state index in [1.165, 1.54) is 35.2 Å². The second-order valence-corrected chi connectivity index (χ2v) is 10.4. The third kappa shape index (κ3) is 5.74. The molecular formula is C29H21N3O4S2. The molecule has 5 aromatic rings. The lowest BCUT2D eigenvalue weighted by Crippen LogP contribution is -2.19. The van der Waals surface area contributed by atoms with Gasteiger partial charge in [-0.25, -0.2) is 9.78 Å². The van der Waals surface area contributed by atoms with Crippen LogP contribution in [0.5, 0.6) is 0 Å². The van der Waals surface area contributed by atoms with Crippen LogP contribution in [-0.4, -0.2) is 27.9 Å². The van der Waals surface area contributed by atoms with Crippen molar-refractivity contribution in [3.63, 3.8) is 0 Å². The van der Waals surface area contributed by atoms with Crippen molar-refractivity contribution in [3.05, 3.63) is 120 Å². The molecular weight excluding hydrogens is 518 g/mol. The van der Waals surface area contributed by atoms with E-state index in [0.717, 1.165) is 20.7 Å². The molecule has 188 valence electrons. The fourth-order valence-corrected chi connectivity index (χ4v) is 5.80. The molecule has 4 aromatic carbocycles. The number of aromatic carboxylic acids is 1. The Balaban J connectivity index is 1.37. The number of amides is 2. The lowest BCUT2D eigenvalue weighted by molar-refractivity contribution is -0.115. The molecule has 0 saturated heterocycles. The number of carbonyl (C=O) groups excluding carboxylic acids is 2. The van der Waals surface area contributed by atoms with Gasteiger partial charge in [0.15, 0.2) is 5.13 Å². The lowest BCUT2D eigenvalue weighted by Gasteiger charge is -2.17. The first-order chi connectivity index (χ1) is 18.5. The van der Waals surface area contributed by atoms with Gasteiger partial charge in [-0.3, -0.25) is 9.59 Å². The Morgan fingerprint density at radius 1 is 0.789 bits per heavy atom. The van der Waals surface area contributed by atoms with Crippen molar-refractivity contribution < 1.29 is 19.5 Å². The summed E-state index contributed by atoms with van der Waals surface area (Å²) in [5, 5.41) is 15.1. The molecule has 0 bridgehead atoms. The second-order valence-electron chi connectivity index (χ2n) is 8.22. The molecule has 5 rings (SSSR count). The average Bonchev–Trinajstić information content (AvgIpc) is 3.34. The fourth-order valence-electron chi connectivity index (χ4n) is 3.85. The van der Waals surface area contributed by atoms with Crippen LogP contribution in [0.15, 0.2) is 108 Å². The number of thiazole rings is 1. The predicted molar refractivity (Wildman–Crippen MR) is 151 cm³/mol. The van der Waals surface area contributed by atoms with Gasteiger partial charge in [-0.15, -0.1) is 11.8 Å². The Kier molecular flexibility index (Phi) is 7.48. The third-order valence-electron chi connectivity index (χ3n) is 5.61. The first kappa shape index (κ1) is 25.2. The van der Waals surface area contributed by atoms with Crippen LogP contribution in [0, 0.1) is 0 Å². The Hall–Kier alpha value is -4.47. The summed E-state index contributed by atoms with van der Waals surface area (Å²) in [6.45, 7) is 0. The van der Waals surface area contributed by atoms with Crippen molar-refractivity contribution in [2.45, 2.75) is 10.1 Å². The normalized spacial score (nSPS) is 11.6. The monoisotopic (exact) mass is 539 g/mol. The number of para-hydroxylation sites is 1. The summed E-state index contributed by atoms with van der Waals surface area (Å²) >= 11 is 2.75. The van der Waals surface area contributed by atoms with E-state index in [9.17, 15) is 19.5 Å². The smallest absolute Gasteiger partial charge is 0.336 e. The summed E-state index contributed by atoms with van der Waals surface area (Å²) in [5.74, 6) is -1.92. The summed E-state index contributed by atoms with van der Waals surface area (Å²) in [7, 11) is 0. The standard InChI is InChI=1S/C29H21N3O4S2/c33-26(21-13-4-5-14-22(21)28(35)36)30-19-11-8-12-20(17-19)37-25(18-9-2-1-3-10-18)27(34)32-29-31-23-15-6-7-16-24(23)38-29/h1-17,25H,(H,30,33)(H,35,36)(H,31,32,34). The minimum Gasteiger partial charge on any atom is -0.478 e. The first-order valence-corrected chi connectivity index (χ1v) is 13.3. The highest BCUT2D eigenvalue weighted by Gasteiger charge is 2.24. The minimum atomic E-state index is -1.18. The molecule has 1 heterocycles. The zero-order chi connectivity index (χ0) is 26.5. The number of fused-ring (bicyclic) bond motifs is 1. The molecule has 1 atom stereocenters. The molecule has 1 unspecified atom stereocenters. The SMILES string of the molecule is O=C(O)c1ccccc1C(=O)Nc1cccc(SC(C(=O)Nc2nc3ccccc3s2)c2ccccc2)c1. The molecule has 9 heteroatoms. The number of hydrogen-bond donors (Lipinski definition) is 3. The minimum absolute atomic E-state index is 0.0652. The maximum atomic E-state index is 13.5. The van der Waals surface area contributed by atoms with Gasteiger partial charge in [-0.1, -0.05) is 72.0 Å². The molecule has 0 fully saturated rings. The van der Waals surface area contributed by atoms with E-state index in [-0.39, 0.29) is 17.0 Å². The highest BCUT2D eigenvalue weighted by molar-refractivity contribution is 8.00. The Morgan fingerprint density at radius 2 is 1.50 bits per heavy atom. The quantitative estimate of drug-likeness (QED) is 0.189. The molecule has 0 radical (unpaired) electrons. The average molecular weight is 540 g/mol. The van der Waals surface area contributed by atoms with Gasteiger partial charge in [0, 0.05) is 10.6 Å². The molecule has 3 N–H and O–H groups in total. The van der Waals surface area contributed by atoms with Gasteiger partial charge in [-0.05, 0) is 48.0 Å². The van der Waals surface area contributed by atoms with E-state index < -0.39 is 17.1 Å². The van der Waals surface area contributed by atoms with E-state index in [4.69, 9.17) is 0 Å². The van der Waals surface area contributed by atoms with Crippen LogP contribution in [0.4, 0.5) is 10.8 Å². The highest BCUT2D eigenvalue weighted by atomic mass is 32.2. The molecule has 2 amide bonds. The number of carboxylic acid groups (broad SMARTS) is 1. The number of anilines is 2. The highest BCUT2D eigenvalue weighted by Crippen LogP contribution is 2.38. The van der Waals surface area contributed by atoms with Crippen LogP contribution in [-0.2, 0) is 4.79 Å². The van der Waals surface area contributed by atoms with Crippen molar-refractivity contribution in [3.8, 4) is 0 Å². The van der Waals surface area contributed by atoms with Crippen molar-refractivity contribution in [2.24, 2.45) is 0 Å². The summed E-state index contributed by atoms with van der Waals surface area (Å²) in [6, 6.07) is 30.3. The molecule has 1 aromatic heterocycles. The Morgan fingerprint density at radius 3 is 2.26 bits per heavy atom. The zero-order valence-electron chi connectivity index (χ0n) is 19.8. The maximum absolute atomic E-state index is 13.5. The summed E-state index contributed by atoms with van der Waals surface area (Å²) < 4.78 is 0.986. The largest absolute Gasteiger partial charge is 0.478 e. The number of rotatable bonds is 8. The predicted octanol–water partition coefficient (Wildman–Crippen LogP) is 6.72. The number of hydrogen-bond acceptors (Lipinski definition) is 6. The van der Waals surface area contributed by atoms with Gasteiger partial charge in [0.25, 0.3) is 5.91 Å². The number of nitrogens with one attached hydrogen (secondary N) is 2. The Labute approximate surface area is 226 Å². The maximum Gasteiger partial charge on any atom is 0.336 e. The van der Waals surface area contributed by atoms with Gasteiger partial charge in [0.2, 0.25) is 5.91 Å². The number of thioether (sulfide) groups is 1. The first-order valence-electron chi connectivity index (χ1n) is 11.6. The van der Waals surface area contributed by atoms with E-state index >= 15 is 0 Å². The van der Waals surface area contributed by atoms with Gasteiger partial charge >= 0.3 is 5.97 Å². The molecule has 38 heavy (non-hydrogen) atoms. The second kappa shape index (κ2) is 11.3. The number of carboxylic acids is 1. The van der Waals surface area contributed by atoms with Gasteiger partial charge in [-0.2, -0.15) is 0 Å². The van der Waals surface area contributed by atoms with Crippen molar-refractivity contribution >= 4 is 61.9 Å². The molecule has 0 aliphatic carbocycles. The number of aromatic nitrogens is 1. The number of nitrogens with zero attached hydrogens (tertiary/aromatic N) is 1. The zero-order valence-corrected chi connectivity index (χ0v) is 21.5. The summed E-state index contributed by atoms with van der Waals surface area (Å²) in [4.78, 5) is 43.1. The van der Waals surface area contributed by atoms with Crippen molar-refractivity contribution in [1.82, 2.24) is 4.98 Å². The Bertz CT molecular complexity index is 1600. The van der Waals surface area contributed by atoms with Crippen molar-refractivity contribution in [2.75, 3.05) is 10.6 Å². The topological polar surface area (TPSA) is 108 Å². The molecule has 0 saturated carbocycles. The van der Waals surface area contributed by atoms with E-state index in [2.05, 4.69) is 15.6 Å². The van der Waals surface area contributed by atoms with Crippen LogP contribution in [0.25, 0.3) is 10.2 Å². The molecule has 0 spiro atoms. The number of benzene rings is 4. The number of carbonyl (C=O) groups is 3. The van der Waals surface area contributed by atoms with Crippen LogP contribution < -0.4 is 10.6 Å². The van der Waals surface area contributed by atoms with Gasteiger partial charge in [0.05, 0.1) is 21.3 Å².